The van der Waals surface area contributed by atoms with Crippen LogP contribution in [0.25, 0.3) is 11.0 Å². The molecule has 3 aromatic rings. The molecule has 0 fully saturated rings. The summed E-state index contributed by atoms with van der Waals surface area (Å²) in [5.41, 5.74) is 3.62. The molecule has 0 bridgehead atoms. The van der Waals surface area contributed by atoms with Gasteiger partial charge in [-0.3, -0.25) is 0 Å². The van der Waals surface area contributed by atoms with E-state index in [0.29, 0.717) is 0 Å². The molecule has 0 aliphatic rings. The molecule has 0 spiro atoms. The number of aromatic nitrogens is 2. The zero-order valence-electron chi connectivity index (χ0n) is 11.7. The van der Waals surface area contributed by atoms with Crippen LogP contribution < -0.4 is 5.32 Å². The zero-order valence-corrected chi connectivity index (χ0v) is 11.7. The van der Waals surface area contributed by atoms with E-state index in [1.807, 2.05) is 6.07 Å². The van der Waals surface area contributed by atoms with Gasteiger partial charge in [-0.15, -0.1) is 0 Å². The van der Waals surface area contributed by atoms with E-state index in [9.17, 15) is 0 Å². The summed E-state index contributed by atoms with van der Waals surface area (Å²) < 4.78 is 2.16. The number of nitrogens with zero attached hydrogens (tertiary/aromatic N) is 2. The van der Waals surface area contributed by atoms with Crippen molar-refractivity contribution in [3.8, 4) is 0 Å². The molecule has 0 radical (unpaired) electrons. The van der Waals surface area contributed by atoms with Crippen molar-refractivity contribution in [2.75, 3.05) is 6.54 Å². The van der Waals surface area contributed by atoms with Gasteiger partial charge >= 0.3 is 0 Å². The molecule has 3 heteroatoms. The average molecular weight is 265 g/mol. The fourth-order valence-electron chi connectivity index (χ4n) is 2.43. The van der Waals surface area contributed by atoms with Gasteiger partial charge in [0.1, 0.15) is 5.82 Å². The number of benzene rings is 2. The molecule has 0 saturated heterocycles. The Morgan fingerprint density at radius 2 is 1.75 bits per heavy atom. The molecule has 1 aromatic heterocycles. The highest BCUT2D eigenvalue weighted by Gasteiger charge is 2.05. The molecule has 0 atom stereocenters. The van der Waals surface area contributed by atoms with Gasteiger partial charge in [0.25, 0.3) is 0 Å². The van der Waals surface area contributed by atoms with Gasteiger partial charge in [-0.05, 0) is 30.7 Å². The van der Waals surface area contributed by atoms with Gasteiger partial charge in [0.05, 0.1) is 17.6 Å². The van der Waals surface area contributed by atoms with Crippen molar-refractivity contribution in [3.05, 3.63) is 66.0 Å². The van der Waals surface area contributed by atoms with Crippen LogP contribution in [0.1, 0.15) is 11.4 Å². The van der Waals surface area contributed by atoms with E-state index in [0.717, 1.165) is 30.9 Å². The largest absolute Gasteiger partial charge is 0.330 e. The molecule has 0 unspecified atom stereocenters. The van der Waals surface area contributed by atoms with E-state index in [1.165, 1.54) is 11.1 Å². The van der Waals surface area contributed by atoms with E-state index in [2.05, 4.69) is 70.4 Å². The Balaban J connectivity index is 1.59. The van der Waals surface area contributed by atoms with Crippen molar-refractivity contribution in [3.63, 3.8) is 0 Å². The Kier molecular flexibility index (Phi) is 3.79. The van der Waals surface area contributed by atoms with Crippen LogP contribution in [-0.2, 0) is 20.0 Å². The molecule has 102 valence electrons. The highest BCUT2D eigenvalue weighted by Crippen LogP contribution is 2.13. The zero-order chi connectivity index (χ0) is 13.8. The Morgan fingerprint density at radius 3 is 2.55 bits per heavy atom. The number of nitrogens with one attached hydrogen (secondary N) is 1. The fraction of sp³-hybridized carbons (Fsp3) is 0.235. The van der Waals surface area contributed by atoms with E-state index in [-0.39, 0.29) is 0 Å². The number of para-hydroxylation sites is 2. The van der Waals surface area contributed by atoms with Gasteiger partial charge in [0, 0.05) is 7.05 Å². The van der Waals surface area contributed by atoms with Crippen molar-refractivity contribution in [2.24, 2.45) is 7.05 Å². The molecule has 20 heavy (non-hydrogen) atoms. The van der Waals surface area contributed by atoms with Crippen molar-refractivity contribution >= 4 is 11.0 Å². The molecule has 0 aliphatic heterocycles. The minimum Gasteiger partial charge on any atom is -0.330 e. The maximum atomic E-state index is 4.66. The minimum absolute atomic E-state index is 0.804. The van der Waals surface area contributed by atoms with E-state index in [1.54, 1.807) is 0 Å². The number of rotatable bonds is 5. The number of aryl methyl sites for hydroxylation is 1. The molecule has 1 heterocycles. The maximum absolute atomic E-state index is 4.66. The first-order chi connectivity index (χ1) is 9.84. The average Bonchev–Trinajstić information content (AvgIpc) is 2.82. The lowest BCUT2D eigenvalue weighted by molar-refractivity contribution is 0.642. The molecule has 3 nitrogen and oxygen atoms in total. The molecule has 0 amide bonds. The van der Waals surface area contributed by atoms with Gasteiger partial charge in [0.2, 0.25) is 0 Å². The molecule has 2 aromatic carbocycles. The first-order valence-electron chi connectivity index (χ1n) is 6.99. The lowest BCUT2D eigenvalue weighted by atomic mass is 10.1. The number of hydrogen-bond donors (Lipinski definition) is 1. The smallest absolute Gasteiger partial charge is 0.123 e. The predicted molar refractivity (Wildman–Crippen MR) is 82.6 cm³/mol. The van der Waals surface area contributed by atoms with Gasteiger partial charge < -0.3 is 9.88 Å². The van der Waals surface area contributed by atoms with Crippen LogP contribution in [0.15, 0.2) is 54.6 Å². The number of imidazole rings is 1. The summed E-state index contributed by atoms with van der Waals surface area (Å²) in [5, 5.41) is 3.47. The molecule has 3 rings (SSSR count). The van der Waals surface area contributed by atoms with Crippen molar-refractivity contribution in [2.45, 2.75) is 13.0 Å². The second-order valence-corrected chi connectivity index (χ2v) is 4.99. The monoisotopic (exact) mass is 265 g/mol. The van der Waals surface area contributed by atoms with Gasteiger partial charge in [-0.2, -0.15) is 0 Å². The Labute approximate surface area is 119 Å². The van der Waals surface area contributed by atoms with Crippen LogP contribution in [-0.4, -0.2) is 16.1 Å². The molecule has 1 N–H and O–H groups in total. The fourth-order valence-corrected chi connectivity index (χ4v) is 2.43. The predicted octanol–water partition coefficient (Wildman–Crippen LogP) is 2.91. The molecule has 0 saturated carbocycles. The summed E-state index contributed by atoms with van der Waals surface area (Å²) in [6.45, 7) is 1.77. The molecular formula is C17H19N3. The summed E-state index contributed by atoms with van der Waals surface area (Å²) in [5.74, 6) is 1.08. The van der Waals surface area contributed by atoms with Crippen LogP contribution in [0.5, 0.6) is 0 Å². The summed E-state index contributed by atoms with van der Waals surface area (Å²) >= 11 is 0. The minimum atomic E-state index is 0.804. The normalized spacial score (nSPS) is 11.1. The molecule has 0 aliphatic carbocycles. The quantitative estimate of drug-likeness (QED) is 0.719. The first kappa shape index (κ1) is 12.9. The Morgan fingerprint density at radius 1 is 1.00 bits per heavy atom. The lowest BCUT2D eigenvalue weighted by Gasteiger charge is -2.05. The number of fused-ring (bicyclic) bond motifs is 1. The summed E-state index contributed by atoms with van der Waals surface area (Å²) in [6, 6.07) is 18.8. The Bertz CT molecular complexity index is 686. The van der Waals surface area contributed by atoms with Crippen molar-refractivity contribution in [1.82, 2.24) is 14.9 Å². The van der Waals surface area contributed by atoms with E-state index < -0.39 is 0 Å². The lowest BCUT2D eigenvalue weighted by Crippen LogP contribution is -2.19. The van der Waals surface area contributed by atoms with Gasteiger partial charge in [-0.1, -0.05) is 42.5 Å². The summed E-state index contributed by atoms with van der Waals surface area (Å²) in [6.07, 6.45) is 1.05. The topological polar surface area (TPSA) is 29.9 Å². The van der Waals surface area contributed by atoms with E-state index in [4.69, 9.17) is 0 Å². The second kappa shape index (κ2) is 5.88. The van der Waals surface area contributed by atoms with Gasteiger partial charge in [-0.25, -0.2) is 4.98 Å². The van der Waals surface area contributed by atoms with Crippen LogP contribution in [0.3, 0.4) is 0 Å². The highest BCUT2D eigenvalue weighted by atomic mass is 15.1. The molecular weight excluding hydrogens is 246 g/mol. The van der Waals surface area contributed by atoms with Crippen LogP contribution >= 0.6 is 0 Å². The Hall–Kier alpha value is -2.13. The SMILES string of the molecule is Cn1c(CNCCc2ccccc2)nc2ccccc21. The third-order valence-corrected chi connectivity index (χ3v) is 3.60. The van der Waals surface area contributed by atoms with Crippen molar-refractivity contribution in [1.29, 1.82) is 0 Å². The number of hydrogen-bond acceptors (Lipinski definition) is 2. The second-order valence-electron chi connectivity index (χ2n) is 4.99. The third kappa shape index (κ3) is 2.73. The highest BCUT2D eigenvalue weighted by molar-refractivity contribution is 5.75. The van der Waals surface area contributed by atoms with Gasteiger partial charge in [0.15, 0.2) is 0 Å². The van der Waals surface area contributed by atoms with Crippen LogP contribution in [0.4, 0.5) is 0 Å². The van der Waals surface area contributed by atoms with Crippen LogP contribution in [0, 0.1) is 0 Å². The van der Waals surface area contributed by atoms with Crippen LogP contribution in [0.2, 0.25) is 0 Å². The summed E-state index contributed by atoms with van der Waals surface area (Å²) in [7, 11) is 2.07. The summed E-state index contributed by atoms with van der Waals surface area (Å²) in [4.78, 5) is 4.66. The third-order valence-electron chi connectivity index (χ3n) is 3.60. The first-order valence-corrected chi connectivity index (χ1v) is 6.99. The van der Waals surface area contributed by atoms with Crippen molar-refractivity contribution < 1.29 is 0 Å². The standard InChI is InChI=1S/C17H19N3/c1-20-16-10-6-5-9-15(16)19-17(20)13-18-12-11-14-7-3-2-4-8-14/h2-10,18H,11-13H2,1H3. The van der Waals surface area contributed by atoms with E-state index >= 15 is 0 Å². The maximum Gasteiger partial charge on any atom is 0.123 e.